The minimum Gasteiger partial charge on any atom is -0.326 e. The van der Waals surface area contributed by atoms with E-state index in [9.17, 15) is 19.7 Å². The number of hydrogen-bond acceptors (Lipinski definition) is 7. The molecule has 0 radical (unpaired) electrons. The van der Waals surface area contributed by atoms with Gasteiger partial charge in [0.1, 0.15) is 0 Å². The second kappa shape index (κ2) is 12.1. The summed E-state index contributed by atoms with van der Waals surface area (Å²) >= 11 is 2.71. The van der Waals surface area contributed by atoms with E-state index in [-0.39, 0.29) is 28.7 Å². The largest absolute Gasteiger partial charge is 0.326 e. The number of nitrogens with one attached hydrogen (secondary N) is 2. The molecule has 2 N–H and O–H groups in total. The van der Waals surface area contributed by atoms with Crippen LogP contribution in [-0.2, 0) is 9.59 Å². The first kappa shape index (κ1) is 25.8. The number of aromatic nitrogens is 1. The van der Waals surface area contributed by atoms with Crippen molar-refractivity contribution in [2.45, 2.75) is 55.6 Å². The Morgan fingerprint density at radius 1 is 1.14 bits per heavy atom. The Morgan fingerprint density at radius 3 is 2.67 bits per heavy atom. The molecule has 0 bridgehead atoms. The molecule has 1 fully saturated rings. The fraction of sp³-hybridized carbons (Fsp3) is 0.346. The van der Waals surface area contributed by atoms with E-state index >= 15 is 0 Å². The van der Waals surface area contributed by atoms with Crippen molar-refractivity contribution in [1.29, 1.82) is 0 Å². The van der Waals surface area contributed by atoms with E-state index in [4.69, 9.17) is 0 Å². The standard InChI is InChI=1S/C26H28N4O4S2/c1-2-23(36-21-13-7-11-19(15-21)27-24(31)17-8-4-3-5-9-17)25(32)29-26-28-22(16-35-26)18-10-6-12-20(14-18)30(33)34/h6-7,10-17,23H,2-5,8-9H2,1H3,(H,27,31)(H,28,29,32). The first-order valence-electron chi connectivity index (χ1n) is 12.0. The number of rotatable bonds is 9. The van der Waals surface area contributed by atoms with E-state index < -0.39 is 4.92 Å². The summed E-state index contributed by atoms with van der Waals surface area (Å²) in [5.74, 6) is -0.0153. The molecule has 10 heteroatoms. The van der Waals surface area contributed by atoms with E-state index in [2.05, 4.69) is 15.6 Å². The molecule has 2 aromatic carbocycles. The third kappa shape index (κ3) is 6.70. The molecule has 1 aromatic heterocycles. The van der Waals surface area contributed by atoms with Crippen molar-refractivity contribution < 1.29 is 14.5 Å². The van der Waals surface area contributed by atoms with Crippen LogP contribution in [0.1, 0.15) is 45.4 Å². The lowest BCUT2D eigenvalue weighted by Gasteiger charge is -2.21. The summed E-state index contributed by atoms with van der Waals surface area (Å²) in [7, 11) is 0. The highest BCUT2D eigenvalue weighted by molar-refractivity contribution is 8.00. The van der Waals surface area contributed by atoms with Crippen molar-refractivity contribution >= 4 is 51.4 Å². The average Bonchev–Trinajstić information content (AvgIpc) is 3.36. The maximum Gasteiger partial charge on any atom is 0.270 e. The summed E-state index contributed by atoms with van der Waals surface area (Å²) in [5.41, 5.74) is 1.92. The molecule has 2 amide bonds. The Labute approximate surface area is 218 Å². The van der Waals surface area contributed by atoms with Gasteiger partial charge in [-0.1, -0.05) is 44.4 Å². The number of nitro groups is 1. The molecule has 3 aromatic rings. The number of thiazole rings is 1. The molecule has 36 heavy (non-hydrogen) atoms. The highest BCUT2D eigenvalue weighted by Crippen LogP contribution is 2.31. The van der Waals surface area contributed by atoms with Crippen molar-refractivity contribution in [2.75, 3.05) is 10.6 Å². The summed E-state index contributed by atoms with van der Waals surface area (Å²) in [6, 6.07) is 13.8. The van der Waals surface area contributed by atoms with Crippen LogP contribution in [0.5, 0.6) is 0 Å². The van der Waals surface area contributed by atoms with Crippen LogP contribution < -0.4 is 10.6 Å². The number of non-ortho nitro benzene ring substituents is 1. The zero-order valence-electron chi connectivity index (χ0n) is 19.9. The van der Waals surface area contributed by atoms with E-state index in [1.54, 1.807) is 17.5 Å². The molecule has 8 nitrogen and oxygen atoms in total. The SMILES string of the molecule is CCC(Sc1cccc(NC(=O)C2CCCCC2)c1)C(=O)Nc1nc(-c2cccc([N+](=O)[O-])c2)cs1. The van der Waals surface area contributed by atoms with Crippen molar-refractivity contribution in [3.05, 3.63) is 64.0 Å². The number of amides is 2. The first-order valence-corrected chi connectivity index (χ1v) is 13.8. The Hall–Kier alpha value is -3.24. The van der Waals surface area contributed by atoms with E-state index in [1.807, 2.05) is 31.2 Å². The predicted octanol–water partition coefficient (Wildman–Crippen LogP) is 6.75. The van der Waals surface area contributed by atoms with Gasteiger partial charge in [0.05, 0.1) is 15.9 Å². The fourth-order valence-corrected chi connectivity index (χ4v) is 5.91. The molecule has 1 aliphatic rings. The van der Waals surface area contributed by atoms with Crippen molar-refractivity contribution in [3.8, 4) is 11.3 Å². The summed E-state index contributed by atoms with van der Waals surface area (Å²) in [6.45, 7) is 1.95. The van der Waals surface area contributed by atoms with Crippen molar-refractivity contribution in [3.63, 3.8) is 0 Å². The molecule has 1 aliphatic carbocycles. The maximum atomic E-state index is 13.0. The zero-order chi connectivity index (χ0) is 25.5. The average molecular weight is 525 g/mol. The summed E-state index contributed by atoms with van der Waals surface area (Å²) in [6.07, 6.45) is 5.90. The summed E-state index contributed by atoms with van der Waals surface area (Å²) in [5, 5.41) is 18.8. The van der Waals surface area contributed by atoms with Crippen LogP contribution in [0, 0.1) is 16.0 Å². The van der Waals surface area contributed by atoms with Gasteiger partial charge < -0.3 is 10.6 Å². The van der Waals surface area contributed by atoms with Gasteiger partial charge in [0.15, 0.2) is 5.13 Å². The summed E-state index contributed by atoms with van der Waals surface area (Å²) < 4.78 is 0. The second-order valence-electron chi connectivity index (χ2n) is 8.70. The normalized spacial score (nSPS) is 14.7. The molecule has 0 aliphatic heterocycles. The number of thioether (sulfide) groups is 1. The maximum absolute atomic E-state index is 13.0. The van der Waals surface area contributed by atoms with Gasteiger partial charge in [-0.05, 0) is 37.5 Å². The Kier molecular flexibility index (Phi) is 8.71. The molecule has 1 atom stereocenters. The van der Waals surface area contributed by atoms with Crippen LogP contribution in [0.3, 0.4) is 0 Å². The quantitative estimate of drug-likeness (QED) is 0.182. The van der Waals surface area contributed by atoms with Gasteiger partial charge in [0.2, 0.25) is 11.8 Å². The van der Waals surface area contributed by atoms with Crippen molar-refractivity contribution in [1.82, 2.24) is 4.98 Å². The van der Waals surface area contributed by atoms with Crippen LogP contribution in [0.15, 0.2) is 58.8 Å². The topological polar surface area (TPSA) is 114 Å². The van der Waals surface area contributed by atoms with Crippen LogP contribution in [0.25, 0.3) is 11.3 Å². The van der Waals surface area contributed by atoms with Crippen LogP contribution in [0.2, 0.25) is 0 Å². The molecule has 188 valence electrons. The van der Waals surface area contributed by atoms with E-state index in [0.717, 1.165) is 36.3 Å². The van der Waals surface area contributed by atoms with Crippen LogP contribution >= 0.6 is 23.1 Å². The molecule has 0 spiro atoms. The highest BCUT2D eigenvalue weighted by atomic mass is 32.2. The molecule has 1 unspecified atom stereocenters. The van der Waals surface area contributed by atoms with Gasteiger partial charge >= 0.3 is 0 Å². The van der Waals surface area contributed by atoms with Gasteiger partial charge in [0.25, 0.3) is 5.69 Å². The highest BCUT2D eigenvalue weighted by Gasteiger charge is 2.22. The predicted molar refractivity (Wildman–Crippen MR) is 144 cm³/mol. The minimum atomic E-state index is -0.446. The monoisotopic (exact) mass is 524 g/mol. The summed E-state index contributed by atoms with van der Waals surface area (Å²) in [4.78, 5) is 41.5. The lowest BCUT2D eigenvalue weighted by molar-refractivity contribution is -0.384. The second-order valence-corrected chi connectivity index (χ2v) is 10.8. The minimum absolute atomic E-state index is 0.00862. The van der Waals surface area contributed by atoms with Gasteiger partial charge in [0, 0.05) is 39.6 Å². The van der Waals surface area contributed by atoms with Crippen LogP contribution in [-0.4, -0.2) is 27.0 Å². The zero-order valence-corrected chi connectivity index (χ0v) is 21.6. The van der Waals surface area contributed by atoms with Gasteiger partial charge in [-0.25, -0.2) is 4.98 Å². The molecule has 1 heterocycles. The van der Waals surface area contributed by atoms with Crippen molar-refractivity contribution in [2.24, 2.45) is 5.92 Å². The number of carbonyl (C=O) groups excluding carboxylic acids is 2. The molecule has 0 saturated heterocycles. The smallest absolute Gasteiger partial charge is 0.270 e. The van der Waals surface area contributed by atoms with Gasteiger partial charge in [-0.3, -0.25) is 19.7 Å². The third-order valence-corrected chi connectivity index (χ3v) is 8.22. The lowest BCUT2D eigenvalue weighted by Crippen LogP contribution is -2.25. The molecule has 4 rings (SSSR count). The molecular formula is C26H28N4O4S2. The Morgan fingerprint density at radius 2 is 1.92 bits per heavy atom. The number of carbonyl (C=O) groups is 2. The first-order chi connectivity index (χ1) is 17.4. The Bertz CT molecular complexity index is 1240. The number of benzene rings is 2. The van der Waals surface area contributed by atoms with Gasteiger partial charge in [-0.15, -0.1) is 23.1 Å². The van der Waals surface area contributed by atoms with Gasteiger partial charge in [-0.2, -0.15) is 0 Å². The number of hydrogen-bond donors (Lipinski definition) is 2. The van der Waals surface area contributed by atoms with E-state index in [1.165, 1.54) is 41.7 Å². The molecular weight excluding hydrogens is 496 g/mol. The number of nitro benzene ring substituents is 1. The Balaban J connectivity index is 1.37. The van der Waals surface area contributed by atoms with Crippen LogP contribution in [0.4, 0.5) is 16.5 Å². The number of anilines is 2. The number of nitrogens with zero attached hydrogens (tertiary/aromatic N) is 2. The fourth-order valence-electron chi connectivity index (χ4n) is 4.17. The molecule has 1 saturated carbocycles. The van der Waals surface area contributed by atoms with E-state index in [0.29, 0.717) is 22.8 Å². The third-order valence-electron chi connectivity index (χ3n) is 6.11. The lowest BCUT2D eigenvalue weighted by atomic mass is 9.88.